The van der Waals surface area contributed by atoms with E-state index in [1.165, 1.54) is 32.1 Å². The van der Waals surface area contributed by atoms with E-state index in [0.717, 1.165) is 23.8 Å². The molecule has 0 aromatic heterocycles. The van der Waals surface area contributed by atoms with Crippen molar-refractivity contribution in [2.75, 3.05) is 0 Å². The molecule has 0 aromatic carbocycles. The normalized spacial score (nSPS) is 37.0. The summed E-state index contributed by atoms with van der Waals surface area (Å²) >= 11 is 0. The van der Waals surface area contributed by atoms with E-state index in [-0.39, 0.29) is 5.78 Å². The van der Waals surface area contributed by atoms with E-state index in [1.807, 2.05) is 6.92 Å². The average Bonchev–Trinajstić information content (AvgIpc) is 3.10. The lowest BCUT2D eigenvalue weighted by molar-refractivity contribution is -0.116. The summed E-state index contributed by atoms with van der Waals surface area (Å²) in [4.78, 5) is 11.9. The van der Waals surface area contributed by atoms with Crippen LogP contribution in [0, 0.1) is 23.7 Å². The van der Waals surface area contributed by atoms with Gasteiger partial charge < -0.3 is 5.11 Å². The van der Waals surface area contributed by atoms with Gasteiger partial charge in [0, 0.05) is 12.0 Å². The number of rotatable bonds is 4. The molecular weight excluding hydrogens is 224 g/mol. The zero-order chi connectivity index (χ0) is 12.7. The average molecular weight is 248 g/mol. The molecule has 1 N–H and O–H groups in total. The zero-order valence-electron chi connectivity index (χ0n) is 11.3. The van der Waals surface area contributed by atoms with E-state index < -0.39 is 6.10 Å². The number of carbonyl (C=O) groups is 1. The first kappa shape index (κ1) is 12.4. The summed E-state index contributed by atoms with van der Waals surface area (Å²) in [5, 5.41) is 10.2. The highest BCUT2D eigenvalue weighted by Crippen LogP contribution is 2.51. The fraction of sp³-hybridized carbons (Fsp3) is 0.812. The number of hydrogen-bond donors (Lipinski definition) is 1. The van der Waals surface area contributed by atoms with Crippen LogP contribution in [-0.2, 0) is 4.79 Å². The molecule has 1 unspecified atom stereocenters. The lowest BCUT2D eigenvalue weighted by atomic mass is 9.64. The number of aliphatic hydroxyl groups excluding tert-OH is 1. The summed E-state index contributed by atoms with van der Waals surface area (Å²) < 4.78 is 0. The SMILES string of the molecule is CCC(=O)C1=CC(C2CC2)[C@H](C2CCC2)C[C@@H]1O. The molecule has 3 rings (SSSR count). The van der Waals surface area contributed by atoms with Gasteiger partial charge in [0.15, 0.2) is 5.78 Å². The van der Waals surface area contributed by atoms with Crippen molar-refractivity contribution >= 4 is 5.78 Å². The van der Waals surface area contributed by atoms with Gasteiger partial charge in [0.25, 0.3) is 0 Å². The van der Waals surface area contributed by atoms with Crippen LogP contribution in [0.15, 0.2) is 11.6 Å². The Bertz CT molecular complexity index is 363. The van der Waals surface area contributed by atoms with E-state index in [1.54, 1.807) is 0 Å². The van der Waals surface area contributed by atoms with Crippen molar-refractivity contribution in [1.82, 2.24) is 0 Å². The Balaban J connectivity index is 1.82. The maximum atomic E-state index is 11.9. The van der Waals surface area contributed by atoms with Crippen LogP contribution in [0.3, 0.4) is 0 Å². The van der Waals surface area contributed by atoms with Crippen molar-refractivity contribution in [2.24, 2.45) is 23.7 Å². The lowest BCUT2D eigenvalue weighted by Crippen LogP contribution is -2.37. The number of ketones is 1. The van der Waals surface area contributed by atoms with Crippen molar-refractivity contribution in [3.8, 4) is 0 Å². The third kappa shape index (κ3) is 2.16. The van der Waals surface area contributed by atoms with Crippen LogP contribution in [-0.4, -0.2) is 17.0 Å². The largest absolute Gasteiger partial charge is 0.388 e. The molecule has 0 aromatic rings. The molecule has 3 atom stereocenters. The van der Waals surface area contributed by atoms with E-state index in [9.17, 15) is 9.90 Å². The highest BCUT2D eigenvalue weighted by molar-refractivity contribution is 5.96. The standard InChI is InChI=1S/C16H24O2/c1-2-15(17)14-8-12(11-6-7-11)13(9-16(14)18)10-4-3-5-10/h8,10-13,16,18H,2-7,9H2,1H3/t12?,13-,16-/m0/s1. The van der Waals surface area contributed by atoms with Crippen LogP contribution in [0.5, 0.6) is 0 Å². The number of Topliss-reactive ketones (excluding diaryl/α,β-unsaturated/α-hetero) is 1. The fourth-order valence-electron chi connectivity index (χ4n) is 3.81. The minimum absolute atomic E-state index is 0.153. The number of allylic oxidation sites excluding steroid dienone is 1. The van der Waals surface area contributed by atoms with Crippen molar-refractivity contribution in [3.63, 3.8) is 0 Å². The fourth-order valence-corrected chi connectivity index (χ4v) is 3.81. The van der Waals surface area contributed by atoms with Crippen LogP contribution in [0.25, 0.3) is 0 Å². The monoisotopic (exact) mass is 248 g/mol. The predicted octanol–water partition coefficient (Wildman–Crippen LogP) is 3.10. The smallest absolute Gasteiger partial charge is 0.160 e. The minimum Gasteiger partial charge on any atom is -0.388 e. The lowest BCUT2D eigenvalue weighted by Gasteiger charge is -2.42. The van der Waals surface area contributed by atoms with Crippen LogP contribution >= 0.6 is 0 Å². The zero-order valence-corrected chi connectivity index (χ0v) is 11.3. The molecule has 0 heterocycles. The molecule has 2 fully saturated rings. The molecular formula is C16H24O2. The Morgan fingerprint density at radius 3 is 2.50 bits per heavy atom. The molecule has 0 radical (unpaired) electrons. The molecule has 100 valence electrons. The van der Waals surface area contributed by atoms with Crippen LogP contribution in [0.1, 0.15) is 51.9 Å². The van der Waals surface area contributed by atoms with Gasteiger partial charge >= 0.3 is 0 Å². The highest BCUT2D eigenvalue weighted by Gasteiger charge is 2.44. The second kappa shape index (κ2) is 4.80. The summed E-state index contributed by atoms with van der Waals surface area (Å²) in [5.41, 5.74) is 0.727. The predicted molar refractivity (Wildman–Crippen MR) is 71.0 cm³/mol. The quantitative estimate of drug-likeness (QED) is 0.830. The summed E-state index contributed by atoms with van der Waals surface area (Å²) in [6, 6.07) is 0. The molecule has 3 aliphatic rings. The van der Waals surface area contributed by atoms with Crippen LogP contribution in [0.4, 0.5) is 0 Å². The Labute approximate surface area is 109 Å². The first-order valence-corrected chi connectivity index (χ1v) is 7.63. The van der Waals surface area contributed by atoms with E-state index in [4.69, 9.17) is 0 Å². The van der Waals surface area contributed by atoms with E-state index in [0.29, 0.717) is 18.3 Å². The van der Waals surface area contributed by atoms with Crippen molar-refractivity contribution in [1.29, 1.82) is 0 Å². The van der Waals surface area contributed by atoms with Crippen molar-refractivity contribution in [2.45, 2.75) is 58.0 Å². The molecule has 2 nitrogen and oxygen atoms in total. The maximum absolute atomic E-state index is 11.9. The van der Waals surface area contributed by atoms with Crippen molar-refractivity contribution < 1.29 is 9.90 Å². The van der Waals surface area contributed by atoms with Gasteiger partial charge in [-0.05, 0) is 42.9 Å². The number of aliphatic hydroxyl groups is 1. The van der Waals surface area contributed by atoms with Gasteiger partial charge in [-0.15, -0.1) is 0 Å². The van der Waals surface area contributed by atoms with Gasteiger partial charge in [-0.2, -0.15) is 0 Å². The van der Waals surface area contributed by atoms with Crippen molar-refractivity contribution in [3.05, 3.63) is 11.6 Å². The topological polar surface area (TPSA) is 37.3 Å². The van der Waals surface area contributed by atoms with Crippen LogP contribution < -0.4 is 0 Å². The van der Waals surface area contributed by atoms with Crippen LogP contribution in [0.2, 0.25) is 0 Å². The van der Waals surface area contributed by atoms with E-state index in [2.05, 4.69) is 6.08 Å². The molecule has 0 saturated heterocycles. The Morgan fingerprint density at radius 2 is 2.00 bits per heavy atom. The molecule has 3 aliphatic carbocycles. The van der Waals surface area contributed by atoms with Gasteiger partial charge in [-0.25, -0.2) is 0 Å². The number of carbonyl (C=O) groups excluding carboxylic acids is 1. The maximum Gasteiger partial charge on any atom is 0.160 e. The second-order valence-corrected chi connectivity index (χ2v) is 6.42. The van der Waals surface area contributed by atoms with Gasteiger partial charge in [-0.3, -0.25) is 4.79 Å². The molecule has 0 aliphatic heterocycles. The third-order valence-electron chi connectivity index (χ3n) is 5.29. The minimum atomic E-state index is -0.488. The molecule has 0 spiro atoms. The Hall–Kier alpha value is -0.630. The summed E-state index contributed by atoms with van der Waals surface area (Å²) in [6.07, 6.45) is 9.73. The third-order valence-corrected chi connectivity index (χ3v) is 5.29. The first-order chi connectivity index (χ1) is 8.70. The van der Waals surface area contributed by atoms with Gasteiger partial charge in [-0.1, -0.05) is 32.3 Å². The molecule has 18 heavy (non-hydrogen) atoms. The Morgan fingerprint density at radius 1 is 1.28 bits per heavy atom. The highest BCUT2D eigenvalue weighted by atomic mass is 16.3. The first-order valence-electron chi connectivity index (χ1n) is 7.63. The molecule has 0 bridgehead atoms. The molecule has 2 saturated carbocycles. The van der Waals surface area contributed by atoms with Gasteiger partial charge in [0.2, 0.25) is 0 Å². The number of hydrogen-bond acceptors (Lipinski definition) is 2. The molecule has 0 amide bonds. The van der Waals surface area contributed by atoms with E-state index >= 15 is 0 Å². The molecule has 2 heteroatoms. The summed E-state index contributed by atoms with van der Waals surface area (Å²) in [6.45, 7) is 1.89. The van der Waals surface area contributed by atoms with Gasteiger partial charge in [0.05, 0.1) is 6.10 Å². The van der Waals surface area contributed by atoms with Gasteiger partial charge in [0.1, 0.15) is 0 Å². The Kier molecular flexibility index (Phi) is 3.31. The summed E-state index contributed by atoms with van der Waals surface area (Å²) in [5.74, 6) is 3.02. The summed E-state index contributed by atoms with van der Waals surface area (Å²) in [7, 11) is 0. The second-order valence-electron chi connectivity index (χ2n) is 6.42.